The van der Waals surface area contributed by atoms with E-state index in [0.717, 1.165) is 21.3 Å². The SMILES string of the molecule is C[C@H](Oc1ccc(-c2ccccc2)cc1)C(=O)Nc1ccc(Br)cc1. The van der Waals surface area contributed by atoms with Gasteiger partial charge in [-0.3, -0.25) is 4.79 Å². The summed E-state index contributed by atoms with van der Waals surface area (Å²) in [5.41, 5.74) is 3.00. The Morgan fingerprint density at radius 2 is 1.48 bits per heavy atom. The highest BCUT2D eigenvalue weighted by atomic mass is 79.9. The summed E-state index contributed by atoms with van der Waals surface area (Å²) in [5, 5.41) is 2.84. The minimum absolute atomic E-state index is 0.186. The molecule has 0 heterocycles. The Morgan fingerprint density at radius 1 is 0.880 bits per heavy atom. The minimum Gasteiger partial charge on any atom is -0.481 e. The fourth-order valence-corrected chi connectivity index (χ4v) is 2.66. The van der Waals surface area contributed by atoms with E-state index in [0.29, 0.717) is 5.75 Å². The number of benzene rings is 3. The van der Waals surface area contributed by atoms with Crippen LogP contribution in [0, 0.1) is 0 Å². The Hall–Kier alpha value is -2.59. The molecule has 3 rings (SSSR count). The Labute approximate surface area is 155 Å². The average molecular weight is 396 g/mol. The van der Waals surface area contributed by atoms with Crippen LogP contribution >= 0.6 is 15.9 Å². The summed E-state index contributed by atoms with van der Waals surface area (Å²) in [5.74, 6) is 0.479. The number of carbonyl (C=O) groups is 1. The number of anilines is 1. The van der Waals surface area contributed by atoms with Crippen molar-refractivity contribution in [3.05, 3.63) is 83.3 Å². The highest BCUT2D eigenvalue weighted by molar-refractivity contribution is 9.10. The molecule has 1 atom stereocenters. The zero-order valence-electron chi connectivity index (χ0n) is 13.8. The molecule has 0 unspecified atom stereocenters. The van der Waals surface area contributed by atoms with Crippen LogP contribution < -0.4 is 10.1 Å². The average Bonchev–Trinajstić information content (AvgIpc) is 2.65. The van der Waals surface area contributed by atoms with Crippen molar-refractivity contribution < 1.29 is 9.53 Å². The van der Waals surface area contributed by atoms with Gasteiger partial charge in [-0.25, -0.2) is 0 Å². The monoisotopic (exact) mass is 395 g/mol. The van der Waals surface area contributed by atoms with Crippen LogP contribution in [0.3, 0.4) is 0 Å². The number of halogens is 1. The van der Waals surface area contributed by atoms with Gasteiger partial charge in [-0.05, 0) is 54.4 Å². The molecule has 0 spiro atoms. The first-order chi connectivity index (χ1) is 12.1. The number of carbonyl (C=O) groups excluding carboxylic acids is 1. The van der Waals surface area contributed by atoms with Crippen LogP contribution in [0.1, 0.15) is 6.92 Å². The standard InChI is InChI=1S/C21H18BrNO2/c1-15(21(24)23-19-11-9-18(22)10-12-19)25-20-13-7-17(8-14-20)16-5-3-2-4-6-16/h2-15H,1H3,(H,23,24)/t15-/m0/s1. The fraction of sp³-hybridized carbons (Fsp3) is 0.0952. The summed E-state index contributed by atoms with van der Waals surface area (Å²) < 4.78 is 6.71. The second kappa shape index (κ2) is 7.99. The summed E-state index contributed by atoms with van der Waals surface area (Å²) in [6.45, 7) is 1.74. The van der Waals surface area contributed by atoms with Crippen molar-refractivity contribution in [2.45, 2.75) is 13.0 Å². The summed E-state index contributed by atoms with van der Waals surface area (Å²) in [7, 11) is 0. The minimum atomic E-state index is -0.591. The van der Waals surface area contributed by atoms with Gasteiger partial charge >= 0.3 is 0 Å². The van der Waals surface area contributed by atoms with Crippen molar-refractivity contribution in [2.75, 3.05) is 5.32 Å². The van der Waals surface area contributed by atoms with Gasteiger partial charge in [0.15, 0.2) is 6.10 Å². The van der Waals surface area contributed by atoms with E-state index < -0.39 is 6.10 Å². The summed E-state index contributed by atoms with van der Waals surface area (Å²) in [6, 6.07) is 25.3. The Bertz CT molecular complexity index is 830. The van der Waals surface area contributed by atoms with Crippen molar-refractivity contribution >= 4 is 27.5 Å². The van der Waals surface area contributed by atoms with Crippen LogP contribution in [0.2, 0.25) is 0 Å². The van der Waals surface area contributed by atoms with Crippen LogP contribution in [0.5, 0.6) is 5.75 Å². The molecule has 0 bridgehead atoms. The zero-order chi connectivity index (χ0) is 17.6. The van der Waals surface area contributed by atoms with Crippen LogP contribution in [0.15, 0.2) is 83.3 Å². The number of nitrogens with one attached hydrogen (secondary N) is 1. The molecule has 1 amide bonds. The molecule has 0 aliphatic rings. The van der Waals surface area contributed by atoms with E-state index >= 15 is 0 Å². The largest absolute Gasteiger partial charge is 0.481 e. The lowest BCUT2D eigenvalue weighted by Gasteiger charge is -2.15. The van der Waals surface area contributed by atoms with Crippen molar-refractivity contribution in [3.8, 4) is 16.9 Å². The van der Waals surface area contributed by atoms with Gasteiger partial charge in [0.2, 0.25) is 0 Å². The first-order valence-corrected chi connectivity index (χ1v) is 8.80. The van der Waals surface area contributed by atoms with E-state index in [1.807, 2.05) is 66.7 Å². The van der Waals surface area contributed by atoms with Gasteiger partial charge in [0.25, 0.3) is 5.91 Å². The number of hydrogen-bond donors (Lipinski definition) is 1. The van der Waals surface area contributed by atoms with E-state index in [1.165, 1.54) is 0 Å². The summed E-state index contributed by atoms with van der Waals surface area (Å²) >= 11 is 3.37. The van der Waals surface area contributed by atoms with Crippen molar-refractivity contribution in [2.24, 2.45) is 0 Å². The molecule has 4 heteroatoms. The molecular weight excluding hydrogens is 378 g/mol. The highest BCUT2D eigenvalue weighted by Gasteiger charge is 2.15. The predicted octanol–water partition coefficient (Wildman–Crippen LogP) is 5.52. The second-order valence-electron chi connectivity index (χ2n) is 5.65. The maximum atomic E-state index is 12.2. The van der Waals surface area contributed by atoms with Gasteiger partial charge < -0.3 is 10.1 Å². The topological polar surface area (TPSA) is 38.3 Å². The Kier molecular flexibility index (Phi) is 5.51. The van der Waals surface area contributed by atoms with E-state index in [-0.39, 0.29) is 5.91 Å². The molecule has 126 valence electrons. The molecule has 3 aromatic rings. The normalized spacial score (nSPS) is 11.6. The zero-order valence-corrected chi connectivity index (χ0v) is 15.4. The van der Waals surface area contributed by atoms with Gasteiger partial charge in [0.05, 0.1) is 0 Å². The predicted molar refractivity (Wildman–Crippen MR) is 105 cm³/mol. The first-order valence-electron chi connectivity index (χ1n) is 8.00. The van der Waals surface area contributed by atoms with Gasteiger partial charge in [-0.15, -0.1) is 0 Å². The number of amides is 1. The van der Waals surface area contributed by atoms with Crippen LogP contribution in [-0.2, 0) is 4.79 Å². The van der Waals surface area contributed by atoms with Crippen LogP contribution in [0.4, 0.5) is 5.69 Å². The molecule has 0 saturated heterocycles. The van der Waals surface area contributed by atoms with Gasteiger partial charge in [-0.1, -0.05) is 58.4 Å². The molecule has 0 radical (unpaired) electrons. The number of ether oxygens (including phenoxy) is 1. The Balaban J connectivity index is 1.61. The second-order valence-corrected chi connectivity index (χ2v) is 6.56. The van der Waals surface area contributed by atoms with Crippen LogP contribution in [-0.4, -0.2) is 12.0 Å². The number of rotatable bonds is 5. The molecule has 3 nitrogen and oxygen atoms in total. The van der Waals surface area contributed by atoms with Gasteiger partial charge in [0.1, 0.15) is 5.75 Å². The lowest BCUT2D eigenvalue weighted by Crippen LogP contribution is -2.30. The molecular formula is C21H18BrNO2. The van der Waals surface area contributed by atoms with E-state index in [4.69, 9.17) is 4.74 Å². The highest BCUT2D eigenvalue weighted by Crippen LogP contribution is 2.23. The molecule has 0 aliphatic heterocycles. The van der Waals surface area contributed by atoms with Gasteiger partial charge in [-0.2, -0.15) is 0 Å². The Morgan fingerprint density at radius 3 is 2.12 bits per heavy atom. The summed E-state index contributed by atoms with van der Waals surface area (Å²) in [4.78, 5) is 12.2. The van der Waals surface area contributed by atoms with Crippen LogP contribution in [0.25, 0.3) is 11.1 Å². The van der Waals surface area contributed by atoms with E-state index in [1.54, 1.807) is 6.92 Å². The lowest BCUT2D eigenvalue weighted by atomic mass is 10.1. The van der Waals surface area contributed by atoms with E-state index in [9.17, 15) is 4.79 Å². The molecule has 0 aliphatic carbocycles. The molecule has 25 heavy (non-hydrogen) atoms. The third-order valence-electron chi connectivity index (χ3n) is 3.76. The quantitative estimate of drug-likeness (QED) is 0.617. The lowest BCUT2D eigenvalue weighted by molar-refractivity contribution is -0.122. The maximum Gasteiger partial charge on any atom is 0.265 e. The van der Waals surface area contributed by atoms with Crippen molar-refractivity contribution in [1.29, 1.82) is 0 Å². The first kappa shape index (κ1) is 17.2. The fourth-order valence-electron chi connectivity index (χ4n) is 2.39. The van der Waals surface area contributed by atoms with Crippen molar-refractivity contribution in [3.63, 3.8) is 0 Å². The third-order valence-corrected chi connectivity index (χ3v) is 4.28. The van der Waals surface area contributed by atoms with Gasteiger partial charge in [0, 0.05) is 10.2 Å². The number of hydrogen-bond acceptors (Lipinski definition) is 2. The maximum absolute atomic E-state index is 12.2. The smallest absolute Gasteiger partial charge is 0.265 e. The summed E-state index contributed by atoms with van der Waals surface area (Å²) in [6.07, 6.45) is -0.591. The third kappa shape index (κ3) is 4.70. The molecule has 1 N–H and O–H groups in total. The molecule has 0 saturated carbocycles. The van der Waals surface area contributed by atoms with Crippen molar-refractivity contribution in [1.82, 2.24) is 0 Å². The molecule has 0 fully saturated rings. The molecule has 0 aromatic heterocycles. The molecule has 3 aromatic carbocycles. The van der Waals surface area contributed by atoms with E-state index in [2.05, 4.69) is 33.4 Å².